The van der Waals surface area contributed by atoms with Gasteiger partial charge in [0.1, 0.15) is 6.61 Å². The quantitative estimate of drug-likeness (QED) is 0.647. The molecule has 1 aromatic heterocycles. The number of hydrogen-bond acceptors (Lipinski definition) is 3. The normalized spacial score (nSPS) is 21.3. The van der Waals surface area contributed by atoms with Crippen LogP contribution in [0.4, 0.5) is 0 Å². The second kappa shape index (κ2) is 4.51. The summed E-state index contributed by atoms with van der Waals surface area (Å²) in [4.78, 5) is 11.7. The number of ether oxygens (including phenoxy) is 1. The zero-order valence-corrected chi connectivity index (χ0v) is 12.0. The molecule has 0 aliphatic carbocycles. The molecule has 1 aromatic carbocycles. The molecule has 2 N–H and O–H groups in total. The molecule has 19 heavy (non-hydrogen) atoms. The van der Waals surface area contributed by atoms with E-state index in [1.54, 1.807) is 0 Å². The highest BCUT2D eigenvalue weighted by atomic mass is 79.9. The fourth-order valence-electron chi connectivity index (χ4n) is 2.34. The van der Waals surface area contributed by atoms with Crippen LogP contribution >= 0.6 is 15.9 Å². The molecule has 4 nitrogen and oxygen atoms in total. The Bertz CT molecular complexity index is 703. The number of benzene rings is 1. The number of fused-ring (bicyclic) bond motifs is 1. The van der Waals surface area contributed by atoms with Crippen molar-refractivity contribution in [3.63, 3.8) is 0 Å². The molecule has 0 spiro atoms. The molecule has 0 saturated carbocycles. The van der Waals surface area contributed by atoms with Crippen molar-refractivity contribution in [1.82, 2.24) is 4.57 Å². The molecule has 1 unspecified atom stereocenters. The highest BCUT2D eigenvalue weighted by molar-refractivity contribution is 9.10. The topological polar surface area (TPSA) is 57.2 Å². The van der Waals surface area contributed by atoms with E-state index in [1.165, 1.54) is 0 Å². The maximum absolute atomic E-state index is 11.7. The lowest BCUT2D eigenvalue weighted by molar-refractivity contribution is -0.135. The first-order valence-corrected chi connectivity index (χ1v) is 6.76. The van der Waals surface area contributed by atoms with Gasteiger partial charge in [0.15, 0.2) is 0 Å². The summed E-state index contributed by atoms with van der Waals surface area (Å²) in [7, 11) is 1.97. The van der Waals surface area contributed by atoms with Crippen LogP contribution in [0.5, 0.6) is 0 Å². The van der Waals surface area contributed by atoms with E-state index in [-0.39, 0.29) is 18.6 Å². The van der Waals surface area contributed by atoms with Crippen molar-refractivity contribution in [3.05, 3.63) is 40.0 Å². The smallest absolute Gasteiger partial charge is 0.335 e. The first-order chi connectivity index (χ1) is 9.09. The van der Waals surface area contributed by atoms with Crippen LogP contribution in [0.1, 0.15) is 5.56 Å². The van der Waals surface area contributed by atoms with Crippen molar-refractivity contribution in [2.45, 2.75) is 6.04 Å². The number of aromatic nitrogens is 1. The van der Waals surface area contributed by atoms with Gasteiger partial charge in [-0.3, -0.25) is 0 Å². The molecule has 1 aliphatic heterocycles. The predicted molar refractivity (Wildman–Crippen MR) is 77.5 cm³/mol. The molecule has 0 radical (unpaired) electrons. The fourth-order valence-corrected chi connectivity index (χ4v) is 2.86. The van der Waals surface area contributed by atoms with Gasteiger partial charge in [-0.15, -0.1) is 0 Å². The first-order valence-electron chi connectivity index (χ1n) is 5.97. The second-order valence-electron chi connectivity index (χ2n) is 4.59. The Kier molecular flexibility index (Phi) is 2.95. The van der Waals surface area contributed by atoms with Crippen LogP contribution in [0.3, 0.4) is 0 Å². The minimum absolute atomic E-state index is 0.257. The Balaban J connectivity index is 2.24. The molecule has 98 valence electrons. The van der Waals surface area contributed by atoms with E-state index in [4.69, 9.17) is 10.5 Å². The van der Waals surface area contributed by atoms with Crippen LogP contribution in [0.25, 0.3) is 17.0 Å². The Morgan fingerprint density at radius 1 is 1.47 bits per heavy atom. The average Bonchev–Trinajstić information content (AvgIpc) is 2.85. The molecule has 0 amide bonds. The SMILES string of the molecule is Cn1c(Br)c(/C=C2/C(=O)OCC2N)c2ccccc21. The van der Waals surface area contributed by atoms with Crippen LogP contribution in [0.15, 0.2) is 34.4 Å². The van der Waals surface area contributed by atoms with E-state index >= 15 is 0 Å². The number of aryl methyl sites for hydroxylation is 1. The Labute approximate surface area is 119 Å². The fraction of sp³-hybridized carbons (Fsp3) is 0.214. The van der Waals surface area contributed by atoms with E-state index in [1.807, 2.05) is 42.0 Å². The summed E-state index contributed by atoms with van der Waals surface area (Å²) in [6.45, 7) is 0.257. The number of halogens is 1. The summed E-state index contributed by atoms with van der Waals surface area (Å²) in [5.74, 6) is -0.327. The highest BCUT2D eigenvalue weighted by Crippen LogP contribution is 2.32. The van der Waals surface area contributed by atoms with Crippen molar-refractivity contribution in [3.8, 4) is 0 Å². The zero-order chi connectivity index (χ0) is 13.6. The van der Waals surface area contributed by atoms with E-state index in [9.17, 15) is 4.79 Å². The average molecular weight is 321 g/mol. The first kappa shape index (κ1) is 12.4. The zero-order valence-electron chi connectivity index (χ0n) is 10.4. The summed E-state index contributed by atoms with van der Waals surface area (Å²) in [6.07, 6.45) is 1.83. The van der Waals surface area contributed by atoms with E-state index < -0.39 is 0 Å². The minimum atomic E-state index is -0.349. The van der Waals surface area contributed by atoms with Gasteiger partial charge in [0, 0.05) is 23.5 Å². The van der Waals surface area contributed by atoms with E-state index in [2.05, 4.69) is 15.9 Å². The van der Waals surface area contributed by atoms with Crippen molar-refractivity contribution >= 4 is 38.9 Å². The molecule has 2 heterocycles. The molecule has 2 aromatic rings. The predicted octanol–water partition coefficient (Wildman–Crippen LogP) is 2.21. The molecular weight excluding hydrogens is 308 g/mol. The summed E-state index contributed by atoms with van der Waals surface area (Å²) in [5, 5.41) is 1.08. The minimum Gasteiger partial charge on any atom is -0.460 e. The Morgan fingerprint density at radius 3 is 2.89 bits per heavy atom. The summed E-state index contributed by atoms with van der Waals surface area (Å²) >= 11 is 3.57. The lowest BCUT2D eigenvalue weighted by Gasteiger charge is -2.00. The van der Waals surface area contributed by atoms with Gasteiger partial charge in [-0.2, -0.15) is 0 Å². The number of nitrogens with zero attached hydrogens (tertiary/aromatic N) is 1. The number of cyclic esters (lactones) is 1. The lowest BCUT2D eigenvalue weighted by atomic mass is 10.1. The van der Waals surface area contributed by atoms with Crippen LogP contribution in [0, 0.1) is 0 Å². The van der Waals surface area contributed by atoms with Gasteiger partial charge in [-0.05, 0) is 28.1 Å². The number of rotatable bonds is 1. The molecule has 0 bridgehead atoms. The van der Waals surface area contributed by atoms with Crippen molar-refractivity contribution < 1.29 is 9.53 Å². The Morgan fingerprint density at radius 2 is 2.21 bits per heavy atom. The van der Waals surface area contributed by atoms with Crippen LogP contribution in [-0.4, -0.2) is 23.2 Å². The van der Waals surface area contributed by atoms with Crippen molar-refractivity contribution in [1.29, 1.82) is 0 Å². The van der Waals surface area contributed by atoms with Crippen molar-refractivity contribution in [2.75, 3.05) is 6.61 Å². The van der Waals surface area contributed by atoms with Gasteiger partial charge in [-0.1, -0.05) is 18.2 Å². The van der Waals surface area contributed by atoms with Gasteiger partial charge in [0.25, 0.3) is 0 Å². The maximum Gasteiger partial charge on any atom is 0.335 e. The molecule has 3 rings (SSSR count). The number of carbonyl (C=O) groups is 1. The summed E-state index contributed by atoms with van der Waals surface area (Å²) in [6, 6.07) is 7.68. The standard InChI is InChI=1S/C14H13BrN2O2/c1-17-12-5-3-2-4-8(12)9(13(17)15)6-10-11(16)7-19-14(10)18/h2-6,11H,7,16H2,1H3/b10-6+. The third-order valence-corrected chi connectivity index (χ3v) is 4.36. The third kappa shape index (κ3) is 1.89. The second-order valence-corrected chi connectivity index (χ2v) is 5.34. The van der Waals surface area contributed by atoms with Gasteiger partial charge in [0.05, 0.1) is 16.2 Å². The summed E-state index contributed by atoms with van der Waals surface area (Å²) < 4.78 is 7.91. The van der Waals surface area contributed by atoms with Crippen molar-refractivity contribution in [2.24, 2.45) is 12.8 Å². The largest absolute Gasteiger partial charge is 0.460 e. The molecule has 5 heteroatoms. The maximum atomic E-state index is 11.7. The van der Waals surface area contributed by atoms with Gasteiger partial charge < -0.3 is 15.0 Å². The van der Waals surface area contributed by atoms with Crippen LogP contribution in [-0.2, 0) is 16.6 Å². The molecule has 1 aliphatic rings. The van der Waals surface area contributed by atoms with E-state index in [0.717, 1.165) is 21.1 Å². The molecule has 1 fully saturated rings. The van der Waals surface area contributed by atoms with Gasteiger partial charge in [-0.25, -0.2) is 4.79 Å². The van der Waals surface area contributed by atoms with Gasteiger partial charge >= 0.3 is 5.97 Å². The van der Waals surface area contributed by atoms with Crippen LogP contribution in [0.2, 0.25) is 0 Å². The molecular formula is C14H13BrN2O2. The number of carbonyl (C=O) groups excluding carboxylic acids is 1. The van der Waals surface area contributed by atoms with Gasteiger partial charge in [0.2, 0.25) is 0 Å². The van der Waals surface area contributed by atoms with Crippen LogP contribution < -0.4 is 5.73 Å². The Hall–Kier alpha value is -1.59. The number of nitrogens with two attached hydrogens (primary N) is 1. The number of esters is 1. The lowest BCUT2D eigenvalue weighted by Crippen LogP contribution is -2.21. The number of hydrogen-bond donors (Lipinski definition) is 1. The summed E-state index contributed by atoms with van der Waals surface area (Å²) in [5.41, 5.74) is 8.47. The molecule has 1 atom stereocenters. The third-order valence-electron chi connectivity index (χ3n) is 3.40. The number of para-hydroxylation sites is 1. The highest BCUT2D eigenvalue weighted by Gasteiger charge is 2.28. The molecule has 1 saturated heterocycles. The van der Waals surface area contributed by atoms with E-state index in [0.29, 0.717) is 5.57 Å². The monoisotopic (exact) mass is 320 g/mol.